The second kappa shape index (κ2) is 9.00. The molecule has 2 unspecified atom stereocenters. The van der Waals surface area contributed by atoms with Crippen molar-refractivity contribution in [2.75, 3.05) is 33.5 Å². The molecule has 2 amide bonds. The van der Waals surface area contributed by atoms with Crippen LogP contribution in [0, 0.1) is 5.92 Å². The van der Waals surface area contributed by atoms with Crippen LogP contribution < -0.4 is 5.32 Å². The van der Waals surface area contributed by atoms with Crippen molar-refractivity contribution in [1.29, 1.82) is 0 Å². The molecule has 0 aromatic rings. The first-order valence-corrected chi connectivity index (χ1v) is 7.64. The topological polar surface area (TPSA) is 67.9 Å². The van der Waals surface area contributed by atoms with Gasteiger partial charge in [0.05, 0.1) is 13.2 Å². The lowest BCUT2D eigenvalue weighted by molar-refractivity contribution is -0.136. The van der Waals surface area contributed by atoms with Crippen LogP contribution in [0.25, 0.3) is 0 Å². The summed E-state index contributed by atoms with van der Waals surface area (Å²) in [5.41, 5.74) is 0. The van der Waals surface area contributed by atoms with Crippen molar-refractivity contribution in [3.05, 3.63) is 0 Å². The van der Waals surface area contributed by atoms with Crippen molar-refractivity contribution in [2.45, 2.75) is 45.7 Å². The van der Waals surface area contributed by atoms with Gasteiger partial charge in [-0.05, 0) is 19.3 Å². The van der Waals surface area contributed by atoms with Gasteiger partial charge >= 0.3 is 0 Å². The van der Waals surface area contributed by atoms with E-state index in [0.717, 1.165) is 6.42 Å². The minimum atomic E-state index is -0.420. The van der Waals surface area contributed by atoms with E-state index >= 15 is 0 Å². The zero-order valence-corrected chi connectivity index (χ0v) is 13.6. The molecule has 0 spiro atoms. The summed E-state index contributed by atoms with van der Waals surface area (Å²) in [5, 5.41) is 2.83. The van der Waals surface area contributed by atoms with Gasteiger partial charge in [-0.15, -0.1) is 0 Å². The molecule has 6 heteroatoms. The maximum absolute atomic E-state index is 12.6. The van der Waals surface area contributed by atoms with Crippen molar-refractivity contribution in [1.82, 2.24) is 10.2 Å². The number of rotatable bonds is 8. The van der Waals surface area contributed by atoms with Gasteiger partial charge in [0.2, 0.25) is 11.8 Å². The van der Waals surface area contributed by atoms with Gasteiger partial charge < -0.3 is 19.7 Å². The predicted molar refractivity (Wildman–Crippen MR) is 79.9 cm³/mol. The molecule has 0 aromatic heterocycles. The maximum atomic E-state index is 12.6. The molecule has 2 atom stereocenters. The third kappa shape index (κ3) is 5.63. The highest BCUT2D eigenvalue weighted by atomic mass is 16.5. The standard InChI is InChI=1S/C15H28N2O4/c1-11(2)14-15(19)17(12(3)10-13(18)16-14)6-5-7-21-9-8-20-4/h11-12,14H,5-10H2,1-4H3,(H,16,18). The van der Waals surface area contributed by atoms with E-state index < -0.39 is 6.04 Å². The Labute approximate surface area is 127 Å². The average molecular weight is 300 g/mol. The molecule has 1 fully saturated rings. The van der Waals surface area contributed by atoms with Gasteiger partial charge in [0.25, 0.3) is 0 Å². The summed E-state index contributed by atoms with van der Waals surface area (Å²) in [7, 11) is 1.64. The number of ether oxygens (including phenoxy) is 2. The van der Waals surface area contributed by atoms with Crippen molar-refractivity contribution < 1.29 is 19.1 Å². The van der Waals surface area contributed by atoms with Crippen molar-refractivity contribution in [2.24, 2.45) is 5.92 Å². The summed E-state index contributed by atoms with van der Waals surface area (Å²) in [6, 6.07) is -0.489. The normalized spacial score (nSPS) is 23.4. The molecule has 122 valence electrons. The monoisotopic (exact) mass is 300 g/mol. The molecular formula is C15H28N2O4. The smallest absolute Gasteiger partial charge is 0.245 e. The molecule has 6 nitrogen and oxygen atoms in total. The third-order valence-electron chi connectivity index (χ3n) is 3.66. The molecule has 1 saturated heterocycles. The molecule has 1 rings (SSSR count). The SMILES string of the molecule is COCCOCCCN1C(=O)C(C(C)C)NC(=O)CC1C. The van der Waals surface area contributed by atoms with Crippen molar-refractivity contribution in [3.8, 4) is 0 Å². The number of hydrogen-bond acceptors (Lipinski definition) is 4. The van der Waals surface area contributed by atoms with Crippen molar-refractivity contribution >= 4 is 11.8 Å². The summed E-state index contributed by atoms with van der Waals surface area (Å²) in [4.78, 5) is 26.2. The summed E-state index contributed by atoms with van der Waals surface area (Å²) in [5.74, 6) is 0.0563. The summed E-state index contributed by atoms with van der Waals surface area (Å²) in [6.07, 6.45) is 1.12. The Morgan fingerprint density at radius 1 is 1.29 bits per heavy atom. The van der Waals surface area contributed by atoms with E-state index in [4.69, 9.17) is 9.47 Å². The first-order chi connectivity index (χ1) is 9.97. The van der Waals surface area contributed by atoms with Gasteiger partial charge in [0, 0.05) is 32.7 Å². The number of nitrogens with zero attached hydrogens (tertiary/aromatic N) is 1. The number of carbonyl (C=O) groups excluding carboxylic acids is 2. The molecule has 0 aromatic carbocycles. The van der Waals surface area contributed by atoms with Gasteiger partial charge in [-0.3, -0.25) is 9.59 Å². The van der Waals surface area contributed by atoms with E-state index in [2.05, 4.69) is 5.32 Å². The fourth-order valence-corrected chi connectivity index (χ4v) is 2.43. The van der Waals surface area contributed by atoms with Crippen molar-refractivity contribution in [3.63, 3.8) is 0 Å². The van der Waals surface area contributed by atoms with Gasteiger partial charge in [-0.25, -0.2) is 0 Å². The molecule has 1 heterocycles. The summed E-state index contributed by atoms with van der Waals surface area (Å²) in [6.45, 7) is 8.17. The molecule has 1 N–H and O–H groups in total. The van der Waals surface area contributed by atoms with Crippen LogP contribution in [0.5, 0.6) is 0 Å². The second-order valence-electron chi connectivity index (χ2n) is 5.83. The molecule has 1 aliphatic heterocycles. The second-order valence-corrected chi connectivity index (χ2v) is 5.83. The lowest BCUT2D eigenvalue weighted by Gasteiger charge is -2.30. The van der Waals surface area contributed by atoms with E-state index in [1.807, 2.05) is 25.7 Å². The van der Waals surface area contributed by atoms with Crippen LogP contribution in [0.3, 0.4) is 0 Å². The highest BCUT2D eigenvalue weighted by Gasteiger charge is 2.34. The highest BCUT2D eigenvalue weighted by molar-refractivity contribution is 5.90. The van der Waals surface area contributed by atoms with Gasteiger partial charge in [0.1, 0.15) is 6.04 Å². The fourth-order valence-electron chi connectivity index (χ4n) is 2.43. The Hall–Kier alpha value is -1.14. The van der Waals surface area contributed by atoms with Crippen LogP contribution in [0.4, 0.5) is 0 Å². The lowest BCUT2D eigenvalue weighted by Crippen LogP contribution is -2.49. The first-order valence-electron chi connectivity index (χ1n) is 7.64. The van der Waals surface area contributed by atoms with Crippen LogP contribution in [0.2, 0.25) is 0 Å². The van der Waals surface area contributed by atoms with Gasteiger partial charge in [0.15, 0.2) is 0 Å². The highest BCUT2D eigenvalue weighted by Crippen LogP contribution is 2.16. The Bertz CT molecular complexity index is 347. The van der Waals surface area contributed by atoms with Crippen LogP contribution >= 0.6 is 0 Å². The minimum Gasteiger partial charge on any atom is -0.382 e. The number of amides is 2. The molecule has 0 bridgehead atoms. The molecule has 0 aliphatic carbocycles. The van der Waals surface area contributed by atoms with Crippen LogP contribution in [-0.2, 0) is 19.1 Å². The number of nitrogens with one attached hydrogen (secondary N) is 1. The van der Waals surface area contributed by atoms with Gasteiger partial charge in [-0.1, -0.05) is 13.8 Å². The van der Waals surface area contributed by atoms with E-state index in [-0.39, 0.29) is 23.8 Å². The van der Waals surface area contributed by atoms with E-state index in [9.17, 15) is 9.59 Å². The number of hydrogen-bond donors (Lipinski definition) is 1. The van der Waals surface area contributed by atoms with Crippen LogP contribution in [0.1, 0.15) is 33.6 Å². The quantitative estimate of drug-likeness (QED) is 0.673. The van der Waals surface area contributed by atoms with Gasteiger partial charge in [-0.2, -0.15) is 0 Å². The zero-order valence-electron chi connectivity index (χ0n) is 13.6. The fraction of sp³-hybridized carbons (Fsp3) is 0.867. The van der Waals surface area contributed by atoms with E-state index in [1.54, 1.807) is 7.11 Å². The molecule has 21 heavy (non-hydrogen) atoms. The minimum absolute atomic E-state index is 0.0141. The lowest BCUT2D eigenvalue weighted by atomic mass is 10.0. The summed E-state index contributed by atoms with van der Waals surface area (Å²) < 4.78 is 10.3. The predicted octanol–water partition coefficient (Wildman–Crippen LogP) is 0.801. The molecule has 0 radical (unpaired) electrons. The van der Waals surface area contributed by atoms with E-state index in [0.29, 0.717) is 32.8 Å². The Kier molecular flexibility index (Phi) is 7.67. The number of methoxy groups -OCH3 is 1. The Balaban J connectivity index is 2.52. The molecule has 0 saturated carbocycles. The third-order valence-corrected chi connectivity index (χ3v) is 3.66. The molecule has 1 aliphatic rings. The Morgan fingerprint density at radius 3 is 2.62 bits per heavy atom. The Morgan fingerprint density at radius 2 is 2.00 bits per heavy atom. The maximum Gasteiger partial charge on any atom is 0.245 e. The van der Waals surface area contributed by atoms with E-state index in [1.165, 1.54) is 0 Å². The largest absolute Gasteiger partial charge is 0.382 e. The zero-order chi connectivity index (χ0) is 15.8. The number of carbonyl (C=O) groups is 2. The average Bonchev–Trinajstić information content (AvgIpc) is 2.52. The van der Waals surface area contributed by atoms with Crippen LogP contribution in [0.15, 0.2) is 0 Å². The molecular weight excluding hydrogens is 272 g/mol. The summed E-state index contributed by atoms with van der Waals surface area (Å²) >= 11 is 0. The first kappa shape index (κ1) is 17.9. The van der Waals surface area contributed by atoms with Crippen LogP contribution in [-0.4, -0.2) is 62.3 Å².